The molecule has 2 heterocycles. The molecule has 1 amide bonds. The Morgan fingerprint density at radius 2 is 2.14 bits per heavy atom. The molecule has 1 aromatic carbocycles. The van der Waals surface area contributed by atoms with E-state index in [2.05, 4.69) is 48.1 Å². The molecule has 112 valence electrons. The van der Waals surface area contributed by atoms with E-state index in [1.165, 1.54) is 16.5 Å². The number of fused-ring (bicyclic) bond motifs is 1. The van der Waals surface area contributed by atoms with Gasteiger partial charge in [0.2, 0.25) is 5.91 Å². The maximum absolute atomic E-state index is 12.3. The van der Waals surface area contributed by atoms with Gasteiger partial charge in [0.25, 0.3) is 0 Å². The zero-order valence-corrected chi connectivity index (χ0v) is 12.9. The summed E-state index contributed by atoms with van der Waals surface area (Å²) >= 11 is 0. The van der Waals surface area contributed by atoms with E-state index in [9.17, 15) is 4.79 Å². The molecule has 3 heteroatoms. The summed E-state index contributed by atoms with van der Waals surface area (Å²) in [5.74, 6) is 0.976. The van der Waals surface area contributed by atoms with Gasteiger partial charge in [-0.25, -0.2) is 0 Å². The number of hydrogen-bond acceptors (Lipinski definition) is 1. The molecule has 1 saturated heterocycles. The molecule has 0 bridgehead atoms. The van der Waals surface area contributed by atoms with Gasteiger partial charge < -0.3 is 9.88 Å². The third kappa shape index (κ3) is 2.97. The van der Waals surface area contributed by atoms with Crippen LogP contribution < -0.4 is 0 Å². The zero-order chi connectivity index (χ0) is 14.8. The second kappa shape index (κ2) is 5.92. The monoisotopic (exact) mass is 284 g/mol. The van der Waals surface area contributed by atoms with Gasteiger partial charge in [-0.1, -0.05) is 25.1 Å². The Labute approximate surface area is 126 Å². The van der Waals surface area contributed by atoms with E-state index in [1.807, 2.05) is 6.07 Å². The molecule has 0 saturated carbocycles. The summed E-state index contributed by atoms with van der Waals surface area (Å²) in [6.45, 7) is 5.34. The molecule has 21 heavy (non-hydrogen) atoms. The van der Waals surface area contributed by atoms with Crippen LogP contribution in [0.1, 0.15) is 38.7 Å². The summed E-state index contributed by atoms with van der Waals surface area (Å²) in [6.07, 6.45) is 5.78. The highest BCUT2D eigenvalue weighted by molar-refractivity contribution is 5.83. The number of rotatable bonds is 4. The van der Waals surface area contributed by atoms with Gasteiger partial charge in [-0.15, -0.1) is 0 Å². The lowest BCUT2D eigenvalue weighted by atomic mass is 10.1. The molecule has 0 radical (unpaired) electrons. The van der Waals surface area contributed by atoms with E-state index in [0.717, 1.165) is 25.8 Å². The van der Waals surface area contributed by atoms with Crippen molar-refractivity contribution in [2.45, 2.75) is 45.6 Å². The van der Waals surface area contributed by atoms with Gasteiger partial charge in [0.1, 0.15) is 0 Å². The van der Waals surface area contributed by atoms with Crippen molar-refractivity contribution in [2.75, 3.05) is 6.54 Å². The second-order valence-electron chi connectivity index (χ2n) is 6.45. The number of carbonyl (C=O) groups excluding carboxylic acids is 1. The fourth-order valence-corrected chi connectivity index (χ4v) is 3.56. The molecule has 1 aliphatic heterocycles. The number of aromatic amines is 1. The third-order valence-electron chi connectivity index (χ3n) is 4.62. The predicted molar refractivity (Wildman–Crippen MR) is 86.2 cm³/mol. The van der Waals surface area contributed by atoms with Gasteiger partial charge in [0, 0.05) is 36.1 Å². The first-order valence-electron chi connectivity index (χ1n) is 7.99. The Hall–Kier alpha value is -1.77. The number of H-pyrrole nitrogens is 1. The topological polar surface area (TPSA) is 36.1 Å². The highest BCUT2D eigenvalue weighted by Crippen LogP contribution is 2.24. The maximum atomic E-state index is 12.3. The number of carbonyl (C=O) groups is 1. The van der Waals surface area contributed by atoms with Crippen LogP contribution >= 0.6 is 0 Å². The Balaban J connectivity index is 1.55. The van der Waals surface area contributed by atoms with Crippen LogP contribution in [0.25, 0.3) is 10.9 Å². The molecule has 1 N–H and O–H groups in total. The molecule has 0 spiro atoms. The number of nitrogens with one attached hydrogen (secondary N) is 1. The van der Waals surface area contributed by atoms with Crippen molar-refractivity contribution in [2.24, 2.45) is 5.92 Å². The van der Waals surface area contributed by atoms with Crippen molar-refractivity contribution < 1.29 is 4.79 Å². The van der Waals surface area contributed by atoms with Crippen molar-refractivity contribution in [1.82, 2.24) is 9.88 Å². The molecule has 3 nitrogen and oxygen atoms in total. The van der Waals surface area contributed by atoms with Crippen LogP contribution in [0.3, 0.4) is 0 Å². The highest BCUT2D eigenvalue weighted by Gasteiger charge is 2.29. The highest BCUT2D eigenvalue weighted by atomic mass is 16.2. The lowest BCUT2D eigenvalue weighted by Crippen LogP contribution is -2.33. The minimum absolute atomic E-state index is 0.326. The van der Waals surface area contributed by atoms with E-state index in [0.29, 0.717) is 24.3 Å². The average Bonchev–Trinajstić information content (AvgIpc) is 3.02. The molecule has 1 aromatic heterocycles. The maximum Gasteiger partial charge on any atom is 0.222 e. The molecule has 3 rings (SSSR count). The molecule has 1 fully saturated rings. The molecular formula is C18H24N2O. The fraction of sp³-hybridized carbons (Fsp3) is 0.500. The van der Waals surface area contributed by atoms with E-state index >= 15 is 0 Å². The number of amides is 1. The smallest absolute Gasteiger partial charge is 0.222 e. The van der Waals surface area contributed by atoms with Crippen LogP contribution in [0, 0.1) is 5.92 Å². The summed E-state index contributed by atoms with van der Waals surface area (Å²) < 4.78 is 0. The van der Waals surface area contributed by atoms with E-state index in [4.69, 9.17) is 0 Å². The van der Waals surface area contributed by atoms with Gasteiger partial charge >= 0.3 is 0 Å². The lowest BCUT2D eigenvalue weighted by Gasteiger charge is -2.21. The summed E-state index contributed by atoms with van der Waals surface area (Å²) in [6, 6.07) is 8.77. The van der Waals surface area contributed by atoms with E-state index in [-0.39, 0.29) is 0 Å². The van der Waals surface area contributed by atoms with Crippen molar-refractivity contribution in [1.29, 1.82) is 0 Å². The average molecular weight is 284 g/mol. The van der Waals surface area contributed by atoms with Crippen molar-refractivity contribution >= 4 is 16.8 Å². The number of aryl methyl sites for hydroxylation is 1. The van der Waals surface area contributed by atoms with Crippen molar-refractivity contribution in [3.8, 4) is 0 Å². The Morgan fingerprint density at radius 1 is 1.33 bits per heavy atom. The summed E-state index contributed by atoms with van der Waals surface area (Å²) in [5, 5.41) is 1.29. The van der Waals surface area contributed by atoms with Crippen LogP contribution in [0.4, 0.5) is 0 Å². The number of hydrogen-bond donors (Lipinski definition) is 1. The number of benzene rings is 1. The van der Waals surface area contributed by atoms with Gasteiger partial charge in [-0.05, 0) is 43.7 Å². The van der Waals surface area contributed by atoms with Gasteiger partial charge in [0.15, 0.2) is 0 Å². The summed E-state index contributed by atoms with van der Waals surface area (Å²) in [5.41, 5.74) is 2.50. The van der Waals surface area contributed by atoms with E-state index < -0.39 is 0 Å². The molecule has 0 aliphatic carbocycles. The van der Waals surface area contributed by atoms with Crippen LogP contribution in [-0.2, 0) is 11.2 Å². The number of aromatic nitrogens is 1. The van der Waals surface area contributed by atoms with Gasteiger partial charge in [0.05, 0.1) is 0 Å². The summed E-state index contributed by atoms with van der Waals surface area (Å²) in [4.78, 5) is 17.7. The zero-order valence-electron chi connectivity index (χ0n) is 12.9. The quantitative estimate of drug-likeness (QED) is 0.912. The van der Waals surface area contributed by atoms with Crippen molar-refractivity contribution in [3.05, 3.63) is 36.0 Å². The Kier molecular flexibility index (Phi) is 4.00. The molecule has 2 unspecified atom stereocenters. The van der Waals surface area contributed by atoms with Crippen LogP contribution in [0.2, 0.25) is 0 Å². The normalized spacial score (nSPS) is 22.1. The van der Waals surface area contributed by atoms with E-state index in [1.54, 1.807) is 0 Å². The fourth-order valence-electron chi connectivity index (χ4n) is 3.56. The minimum atomic E-state index is 0.326. The van der Waals surface area contributed by atoms with Crippen molar-refractivity contribution in [3.63, 3.8) is 0 Å². The SMILES string of the molecule is CC1CC(C)N(C(=O)CCCc2c[nH]c3ccccc23)C1. The largest absolute Gasteiger partial charge is 0.361 e. The first-order valence-corrected chi connectivity index (χ1v) is 7.99. The van der Waals surface area contributed by atoms with Crippen LogP contribution in [0.5, 0.6) is 0 Å². The number of para-hydroxylation sites is 1. The number of likely N-dealkylation sites (tertiary alicyclic amines) is 1. The van der Waals surface area contributed by atoms with Crippen LogP contribution in [-0.4, -0.2) is 28.4 Å². The summed E-state index contributed by atoms with van der Waals surface area (Å²) in [7, 11) is 0. The third-order valence-corrected chi connectivity index (χ3v) is 4.62. The minimum Gasteiger partial charge on any atom is -0.361 e. The Morgan fingerprint density at radius 3 is 2.90 bits per heavy atom. The first kappa shape index (κ1) is 14.2. The lowest BCUT2D eigenvalue weighted by molar-refractivity contribution is -0.131. The van der Waals surface area contributed by atoms with Gasteiger partial charge in [-0.3, -0.25) is 4.79 Å². The van der Waals surface area contributed by atoms with Crippen LogP contribution in [0.15, 0.2) is 30.5 Å². The number of nitrogens with zero attached hydrogens (tertiary/aromatic N) is 1. The van der Waals surface area contributed by atoms with Gasteiger partial charge in [-0.2, -0.15) is 0 Å². The first-order chi connectivity index (χ1) is 10.1. The molecule has 2 atom stereocenters. The Bertz CT molecular complexity index is 631. The standard InChI is InChI=1S/C18H24N2O/c1-13-10-14(2)20(12-13)18(21)9-5-6-15-11-19-17-8-4-3-7-16(15)17/h3-4,7-8,11,13-14,19H,5-6,9-10,12H2,1-2H3. The molecular weight excluding hydrogens is 260 g/mol. The predicted octanol–water partition coefficient (Wildman–Crippen LogP) is 3.75. The second-order valence-corrected chi connectivity index (χ2v) is 6.45. The molecule has 2 aromatic rings. The molecule has 1 aliphatic rings.